The number of carbonyl (C=O) groups excluding carboxylic acids is 1. The van der Waals surface area contributed by atoms with Crippen LogP contribution in [-0.4, -0.2) is 24.5 Å². The Hall–Kier alpha value is -0.570. The highest BCUT2D eigenvalue weighted by Gasteiger charge is 2.22. The fourth-order valence-electron chi connectivity index (χ4n) is 2.42. The van der Waals surface area contributed by atoms with Crippen molar-refractivity contribution in [3.63, 3.8) is 0 Å². The smallest absolute Gasteiger partial charge is 0.220 e. The Labute approximate surface area is 106 Å². The van der Waals surface area contributed by atoms with Gasteiger partial charge in [-0.2, -0.15) is 0 Å². The molecule has 0 aromatic carbocycles. The molecule has 2 unspecified atom stereocenters. The Morgan fingerprint density at radius 1 is 1.06 bits per heavy atom. The van der Waals surface area contributed by atoms with Crippen molar-refractivity contribution in [2.45, 2.75) is 65.5 Å². The lowest BCUT2D eigenvalue weighted by atomic mass is 10.0. The topological polar surface area (TPSA) is 41.1 Å². The van der Waals surface area contributed by atoms with E-state index in [4.69, 9.17) is 0 Å². The molecule has 0 aliphatic carbocycles. The van der Waals surface area contributed by atoms with Gasteiger partial charge < -0.3 is 10.6 Å². The molecule has 100 valence electrons. The first-order valence-corrected chi connectivity index (χ1v) is 7.03. The molecule has 0 aromatic heterocycles. The summed E-state index contributed by atoms with van der Waals surface area (Å²) in [5.41, 5.74) is 0. The molecular weight excluding hydrogens is 212 g/mol. The maximum Gasteiger partial charge on any atom is 0.220 e. The van der Waals surface area contributed by atoms with Crippen LogP contribution in [0.1, 0.15) is 53.4 Å². The summed E-state index contributed by atoms with van der Waals surface area (Å²) >= 11 is 0. The van der Waals surface area contributed by atoms with Gasteiger partial charge in [0.1, 0.15) is 0 Å². The second-order valence-electron chi connectivity index (χ2n) is 5.90. The van der Waals surface area contributed by atoms with Gasteiger partial charge in [-0.05, 0) is 37.6 Å². The van der Waals surface area contributed by atoms with Crippen LogP contribution in [0.4, 0.5) is 0 Å². The molecule has 0 aromatic rings. The average Bonchev–Trinajstić information content (AvgIpc) is 2.87. The van der Waals surface area contributed by atoms with E-state index in [-0.39, 0.29) is 5.91 Å². The summed E-state index contributed by atoms with van der Waals surface area (Å²) in [5, 5.41) is 6.37. The van der Waals surface area contributed by atoms with Crippen LogP contribution in [0.15, 0.2) is 0 Å². The van der Waals surface area contributed by atoms with Gasteiger partial charge in [-0.25, -0.2) is 0 Å². The summed E-state index contributed by atoms with van der Waals surface area (Å²) in [5.74, 6) is 1.64. The van der Waals surface area contributed by atoms with Gasteiger partial charge in [0.2, 0.25) is 5.91 Å². The van der Waals surface area contributed by atoms with Crippen molar-refractivity contribution in [2.24, 2.45) is 11.8 Å². The van der Waals surface area contributed by atoms with Gasteiger partial charge in [0.15, 0.2) is 0 Å². The lowest BCUT2D eigenvalue weighted by Gasteiger charge is -2.12. The zero-order valence-corrected chi connectivity index (χ0v) is 11.8. The molecule has 3 nitrogen and oxygen atoms in total. The zero-order valence-electron chi connectivity index (χ0n) is 11.8. The first-order valence-electron chi connectivity index (χ1n) is 7.03. The van der Waals surface area contributed by atoms with Crippen molar-refractivity contribution in [3.05, 3.63) is 0 Å². The number of hydrogen-bond acceptors (Lipinski definition) is 2. The monoisotopic (exact) mass is 240 g/mol. The number of nitrogens with one attached hydrogen (secondary N) is 2. The Bertz CT molecular complexity index is 232. The third-order valence-corrected chi connectivity index (χ3v) is 3.74. The van der Waals surface area contributed by atoms with Crippen LogP contribution in [0.25, 0.3) is 0 Å². The number of hydrogen-bond donors (Lipinski definition) is 2. The minimum absolute atomic E-state index is 0.216. The maximum atomic E-state index is 10.6. The van der Waals surface area contributed by atoms with E-state index in [1.807, 2.05) is 0 Å². The van der Waals surface area contributed by atoms with Crippen molar-refractivity contribution in [1.82, 2.24) is 10.6 Å². The first-order chi connectivity index (χ1) is 8.00. The molecule has 1 amide bonds. The van der Waals surface area contributed by atoms with Crippen LogP contribution in [0, 0.1) is 11.8 Å². The van der Waals surface area contributed by atoms with Gasteiger partial charge >= 0.3 is 0 Å². The van der Waals surface area contributed by atoms with Crippen molar-refractivity contribution < 1.29 is 4.79 Å². The molecule has 2 heterocycles. The average molecular weight is 240 g/mol. The molecule has 2 aliphatic rings. The molecule has 17 heavy (non-hydrogen) atoms. The zero-order chi connectivity index (χ0) is 12.8. The second-order valence-corrected chi connectivity index (χ2v) is 5.90. The van der Waals surface area contributed by atoms with Crippen LogP contribution in [0.5, 0.6) is 0 Å². The number of rotatable bonds is 2. The molecule has 3 heteroatoms. The number of amides is 1. The van der Waals surface area contributed by atoms with Crippen molar-refractivity contribution in [3.8, 4) is 0 Å². The van der Waals surface area contributed by atoms with E-state index in [0.717, 1.165) is 24.8 Å². The molecule has 0 radical (unpaired) electrons. The predicted octanol–water partition coefficient (Wildman–Crippen LogP) is 2.32. The van der Waals surface area contributed by atoms with Crippen LogP contribution in [0.3, 0.4) is 0 Å². The molecule has 0 saturated carbocycles. The van der Waals surface area contributed by atoms with Gasteiger partial charge in [0.05, 0.1) is 0 Å². The molecule has 2 saturated heterocycles. The Morgan fingerprint density at radius 3 is 1.94 bits per heavy atom. The minimum Gasteiger partial charge on any atom is -0.353 e. The molecular formula is C14H28N2O. The quantitative estimate of drug-likeness (QED) is 0.777. The standard InChI is InChI=1S/C7H13NO.C7H15N/c1-5(2)6-3-4-7(9)8-6;1-6(2)7-4-3-5-8-7/h5-6H,3-4H2,1-2H3,(H,8,9);6-8H,3-5H2,1-2H3. The fraction of sp³-hybridized carbons (Fsp3) is 0.929. The van der Waals surface area contributed by atoms with Gasteiger partial charge in [-0.3, -0.25) is 4.79 Å². The SMILES string of the molecule is CC(C)C1CCC(=O)N1.CC(C)C1CCCN1. The van der Waals surface area contributed by atoms with Gasteiger partial charge in [0.25, 0.3) is 0 Å². The maximum absolute atomic E-state index is 10.6. The van der Waals surface area contributed by atoms with E-state index in [0.29, 0.717) is 12.0 Å². The minimum atomic E-state index is 0.216. The molecule has 0 spiro atoms. The van der Waals surface area contributed by atoms with Crippen molar-refractivity contribution in [2.75, 3.05) is 6.54 Å². The molecule has 2 fully saturated rings. The largest absolute Gasteiger partial charge is 0.353 e. The van der Waals surface area contributed by atoms with Crippen molar-refractivity contribution in [1.29, 1.82) is 0 Å². The summed E-state index contributed by atoms with van der Waals surface area (Å²) in [4.78, 5) is 10.6. The highest BCUT2D eigenvalue weighted by atomic mass is 16.1. The molecule has 2 aliphatic heterocycles. The summed E-state index contributed by atoms with van der Waals surface area (Å²) < 4.78 is 0. The normalized spacial score (nSPS) is 28.2. The van der Waals surface area contributed by atoms with E-state index in [2.05, 4.69) is 38.3 Å². The molecule has 2 rings (SSSR count). The highest BCUT2D eigenvalue weighted by Crippen LogP contribution is 2.14. The van der Waals surface area contributed by atoms with Gasteiger partial charge in [0, 0.05) is 18.5 Å². The van der Waals surface area contributed by atoms with Crippen LogP contribution in [-0.2, 0) is 4.79 Å². The third kappa shape index (κ3) is 5.07. The van der Waals surface area contributed by atoms with Crippen LogP contribution in [0.2, 0.25) is 0 Å². The lowest BCUT2D eigenvalue weighted by Crippen LogP contribution is -2.29. The van der Waals surface area contributed by atoms with E-state index >= 15 is 0 Å². The Morgan fingerprint density at radius 2 is 1.71 bits per heavy atom. The molecule has 0 bridgehead atoms. The first kappa shape index (κ1) is 14.5. The van der Waals surface area contributed by atoms with E-state index < -0.39 is 0 Å². The second kappa shape index (κ2) is 7.00. The van der Waals surface area contributed by atoms with Crippen molar-refractivity contribution >= 4 is 5.91 Å². The molecule has 2 atom stereocenters. The predicted molar refractivity (Wildman–Crippen MR) is 71.9 cm³/mol. The Balaban J connectivity index is 0.000000171. The number of carbonyl (C=O) groups is 1. The summed E-state index contributed by atoms with van der Waals surface area (Å²) in [6.07, 6.45) is 4.51. The fourth-order valence-corrected chi connectivity index (χ4v) is 2.42. The van der Waals surface area contributed by atoms with E-state index in [9.17, 15) is 4.79 Å². The summed E-state index contributed by atoms with van der Waals surface area (Å²) in [6.45, 7) is 10.1. The highest BCUT2D eigenvalue weighted by molar-refractivity contribution is 5.78. The van der Waals surface area contributed by atoms with Gasteiger partial charge in [-0.1, -0.05) is 27.7 Å². The van der Waals surface area contributed by atoms with Crippen LogP contribution < -0.4 is 10.6 Å². The lowest BCUT2D eigenvalue weighted by molar-refractivity contribution is -0.119. The summed E-state index contributed by atoms with van der Waals surface area (Å²) in [6, 6.07) is 1.26. The van der Waals surface area contributed by atoms with Gasteiger partial charge in [-0.15, -0.1) is 0 Å². The van der Waals surface area contributed by atoms with Crippen LogP contribution >= 0.6 is 0 Å². The third-order valence-electron chi connectivity index (χ3n) is 3.74. The Kier molecular flexibility index (Phi) is 5.96. The molecule has 2 N–H and O–H groups in total. The van der Waals surface area contributed by atoms with E-state index in [1.165, 1.54) is 19.4 Å². The summed E-state index contributed by atoms with van der Waals surface area (Å²) in [7, 11) is 0. The van der Waals surface area contributed by atoms with E-state index in [1.54, 1.807) is 0 Å².